The third-order valence-corrected chi connectivity index (χ3v) is 4.31. The molecule has 0 radical (unpaired) electrons. The van der Waals surface area contributed by atoms with Crippen molar-refractivity contribution >= 4 is 17.7 Å². The molecule has 104 valence electrons. The second-order valence-corrected chi connectivity index (χ2v) is 5.89. The molecule has 5 heteroatoms. The van der Waals surface area contributed by atoms with Crippen molar-refractivity contribution < 1.29 is 9.18 Å². The first-order chi connectivity index (χ1) is 9.16. The number of rotatable bonds is 4. The fourth-order valence-electron chi connectivity index (χ4n) is 2.18. The molecule has 0 aliphatic carbocycles. The van der Waals surface area contributed by atoms with Crippen molar-refractivity contribution in [3.8, 4) is 0 Å². The molecule has 1 aliphatic heterocycles. The van der Waals surface area contributed by atoms with Gasteiger partial charge in [0.05, 0.1) is 6.04 Å². The van der Waals surface area contributed by atoms with Gasteiger partial charge in [0.25, 0.3) is 0 Å². The zero-order chi connectivity index (χ0) is 13.7. The van der Waals surface area contributed by atoms with Crippen molar-refractivity contribution in [3.63, 3.8) is 0 Å². The van der Waals surface area contributed by atoms with E-state index in [1.54, 1.807) is 25.1 Å². The average molecular weight is 282 g/mol. The number of amides is 1. The van der Waals surface area contributed by atoms with Crippen LogP contribution in [0, 0.1) is 5.82 Å². The Morgan fingerprint density at radius 1 is 1.58 bits per heavy atom. The molecule has 0 saturated carbocycles. The van der Waals surface area contributed by atoms with Crippen LogP contribution in [0.15, 0.2) is 24.3 Å². The average Bonchev–Trinajstić information content (AvgIpc) is 2.40. The van der Waals surface area contributed by atoms with Crippen molar-refractivity contribution in [2.75, 3.05) is 18.1 Å². The second-order valence-electron chi connectivity index (χ2n) is 4.74. The van der Waals surface area contributed by atoms with Gasteiger partial charge in [-0.1, -0.05) is 18.2 Å². The number of carbonyl (C=O) groups is 1. The van der Waals surface area contributed by atoms with E-state index in [2.05, 4.69) is 10.6 Å². The van der Waals surface area contributed by atoms with Crippen molar-refractivity contribution in [2.24, 2.45) is 0 Å². The lowest BCUT2D eigenvalue weighted by atomic mass is 10.1. The van der Waals surface area contributed by atoms with Gasteiger partial charge in [-0.2, -0.15) is 11.8 Å². The maximum atomic E-state index is 13.6. The Balaban J connectivity index is 1.86. The number of halogens is 1. The van der Waals surface area contributed by atoms with E-state index in [9.17, 15) is 9.18 Å². The van der Waals surface area contributed by atoms with Gasteiger partial charge in [-0.3, -0.25) is 4.79 Å². The molecule has 1 unspecified atom stereocenters. The van der Waals surface area contributed by atoms with Gasteiger partial charge in [0.15, 0.2) is 0 Å². The maximum absolute atomic E-state index is 13.6. The zero-order valence-electron chi connectivity index (χ0n) is 11.0. The highest BCUT2D eigenvalue weighted by Gasteiger charge is 2.19. The molecule has 1 aromatic carbocycles. The summed E-state index contributed by atoms with van der Waals surface area (Å²) < 4.78 is 13.6. The van der Waals surface area contributed by atoms with Crippen LogP contribution in [-0.2, 0) is 4.79 Å². The van der Waals surface area contributed by atoms with Gasteiger partial charge < -0.3 is 10.6 Å². The number of nitrogens with one attached hydrogen (secondary N) is 2. The summed E-state index contributed by atoms with van der Waals surface area (Å²) in [5.74, 6) is 1.75. The van der Waals surface area contributed by atoms with Gasteiger partial charge in [0, 0.05) is 36.1 Å². The van der Waals surface area contributed by atoms with Crippen LogP contribution < -0.4 is 10.6 Å². The van der Waals surface area contributed by atoms with E-state index >= 15 is 0 Å². The zero-order valence-corrected chi connectivity index (χ0v) is 11.8. The minimum absolute atomic E-state index is 0.0317. The van der Waals surface area contributed by atoms with Gasteiger partial charge in [0.2, 0.25) is 5.91 Å². The van der Waals surface area contributed by atoms with Gasteiger partial charge >= 0.3 is 0 Å². The topological polar surface area (TPSA) is 41.1 Å². The molecular weight excluding hydrogens is 263 g/mol. The van der Waals surface area contributed by atoms with Crippen LogP contribution in [0.3, 0.4) is 0 Å². The van der Waals surface area contributed by atoms with Gasteiger partial charge in [0.1, 0.15) is 5.82 Å². The van der Waals surface area contributed by atoms with Gasteiger partial charge in [-0.05, 0) is 13.0 Å². The van der Waals surface area contributed by atoms with Crippen molar-refractivity contribution in [1.82, 2.24) is 10.6 Å². The predicted octanol–water partition coefficient (Wildman–Crippen LogP) is 2.10. The second kappa shape index (κ2) is 6.91. The molecule has 0 aromatic heterocycles. The summed E-state index contributed by atoms with van der Waals surface area (Å²) in [4.78, 5) is 11.9. The third-order valence-electron chi connectivity index (χ3n) is 3.18. The van der Waals surface area contributed by atoms with Crippen LogP contribution in [0.5, 0.6) is 0 Å². The summed E-state index contributed by atoms with van der Waals surface area (Å²) >= 11 is 1.86. The molecule has 3 nitrogen and oxygen atoms in total. The van der Waals surface area contributed by atoms with Crippen molar-refractivity contribution in [2.45, 2.75) is 25.4 Å². The predicted molar refractivity (Wildman–Crippen MR) is 76.7 cm³/mol. The first kappa shape index (κ1) is 14.3. The summed E-state index contributed by atoms with van der Waals surface area (Å²) in [5, 5.41) is 6.17. The Bertz CT molecular complexity index is 435. The van der Waals surface area contributed by atoms with Gasteiger partial charge in [-0.25, -0.2) is 4.39 Å². The number of carbonyl (C=O) groups excluding carboxylic acids is 1. The van der Waals surface area contributed by atoms with Crippen LogP contribution in [-0.4, -0.2) is 30.0 Å². The van der Waals surface area contributed by atoms with E-state index in [0.717, 1.165) is 18.1 Å². The monoisotopic (exact) mass is 282 g/mol. The first-order valence-electron chi connectivity index (χ1n) is 6.51. The minimum Gasteiger partial charge on any atom is -0.349 e. The number of hydrogen-bond donors (Lipinski definition) is 2. The number of benzene rings is 1. The molecule has 1 amide bonds. The SMILES string of the molecule is C[C@@H](NC(=O)CC1CSCCN1)c1ccccc1F. The summed E-state index contributed by atoms with van der Waals surface area (Å²) in [6.07, 6.45) is 0.450. The summed E-state index contributed by atoms with van der Waals surface area (Å²) in [6.45, 7) is 2.75. The minimum atomic E-state index is -0.301. The molecule has 2 atom stereocenters. The highest BCUT2D eigenvalue weighted by atomic mass is 32.2. The molecule has 1 aliphatic rings. The van der Waals surface area contributed by atoms with Crippen LogP contribution in [0.4, 0.5) is 4.39 Å². The summed E-state index contributed by atoms with van der Waals surface area (Å²) in [7, 11) is 0. The van der Waals surface area contributed by atoms with E-state index in [0.29, 0.717) is 12.0 Å². The molecule has 0 spiro atoms. The van der Waals surface area contributed by atoms with E-state index < -0.39 is 0 Å². The number of hydrogen-bond acceptors (Lipinski definition) is 3. The van der Waals surface area contributed by atoms with E-state index in [1.807, 2.05) is 11.8 Å². The lowest BCUT2D eigenvalue weighted by Crippen LogP contribution is -2.41. The fourth-order valence-corrected chi connectivity index (χ4v) is 3.13. The van der Waals surface area contributed by atoms with Crippen LogP contribution in [0.2, 0.25) is 0 Å². The largest absolute Gasteiger partial charge is 0.349 e. The Hall–Kier alpha value is -1.07. The lowest BCUT2D eigenvalue weighted by molar-refractivity contribution is -0.122. The number of thioether (sulfide) groups is 1. The Morgan fingerprint density at radius 3 is 3.05 bits per heavy atom. The normalized spacial score (nSPS) is 20.8. The highest BCUT2D eigenvalue weighted by Crippen LogP contribution is 2.16. The molecule has 1 saturated heterocycles. The van der Waals surface area contributed by atoms with Crippen molar-refractivity contribution in [3.05, 3.63) is 35.6 Å². The fraction of sp³-hybridized carbons (Fsp3) is 0.500. The summed E-state index contributed by atoms with van der Waals surface area (Å²) in [6, 6.07) is 6.47. The molecule has 2 rings (SSSR count). The van der Waals surface area contributed by atoms with Gasteiger partial charge in [-0.15, -0.1) is 0 Å². The molecule has 0 bridgehead atoms. The first-order valence-corrected chi connectivity index (χ1v) is 7.67. The standard InChI is InChI=1S/C14H19FN2OS/c1-10(12-4-2-3-5-13(12)15)17-14(18)8-11-9-19-7-6-16-11/h2-5,10-11,16H,6-9H2,1H3,(H,17,18)/t10-,11?/m1/s1. The molecular formula is C14H19FN2OS. The molecule has 1 fully saturated rings. The van der Waals surface area contributed by atoms with E-state index in [-0.39, 0.29) is 23.8 Å². The third kappa shape index (κ3) is 4.21. The highest BCUT2D eigenvalue weighted by molar-refractivity contribution is 7.99. The van der Waals surface area contributed by atoms with Crippen LogP contribution >= 0.6 is 11.8 Å². The Labute approximate surface area is 117 Å². The van der Waals surface area contributed by atoms with Crippen LogP contribution in [0.1, 0.15) is 24.9 Å². The Kier molecular flexibility index (Phi) is 5.22. The Morgan fingerprint density at radius 2 is 2.37 bits per heavy atom. The molecule has 2 N–H and O–H groups in total. The summed E-state index contributed by atoms with van der Waals surface area (Å²) in [5.41, 5.74) is 0.529. The lowest BCUT2D eigenvalue weighted by Gasteiger charge is -2.23. The molecule has 1 aromatic rings. The quantitative estimate of drug-likeness (QED) is 0.888. The van der Waals surface area contributed by atoms with Crippen molar-refractivity contribution in [1.29, 1.82) is 0 Å². The van der Waals surface area contributed by atoms with E-state index in [4.69, 9.17) is 0 Å². The molecule has 19 heavy (non-hydrogen) atoms. The smallest absolute Gasteiger partial charge is 0.222 e. The van der Waals surface area contributed by atoms with Crippen LogP contribution in [0.25, 0.3) is 0 Å². The molecule has 1 heterocycles. The van der Waals surface area contributed by atoms with E-state index in [1.165, 1.54) is 6.07 Å². The maximum Gasteiger partial charge on any atom is 0.222 e.